The topological polar surface area (TPSA) is 83.5 Å². The van der Waals surface area contributed by atoms with Crippen LogP contribution < -0.4 is 5.73 Å². The van der Waals surface area contributed by atoms with Crippen LogP contribution in [0.25, 0.3) is 0 Å². The molecule has 1 atom stereocenters. The summed E-state index contributed by atoms with van der Waals surface area (Å²) < 4.78 is 0. The molecule has 0 aliphatic heterocycles. The van der Waals surface area contributed by atoms with E-state index in [-0.39, 0.29) is 25.4 Å². The fraction of sp³-hybridized carbons (Fsp3) is 0.750. The van der Waals surface area contributed by atoms with Crippen molar-refractivity contribution in [3.63, 3.8) is 0 Å². The maximum absolute atomic E-state index is 9.78. The first-order valence-corrected chi connectivity index (χ1v) is 2.25. The summed E-state index contributed by atoms with van der Waals surface area (Å²) in [4.78, 5) is 9.78. The zero-order valence-electron chi connectivity index (χ0n) is 4.78. The molecule has 56 valence electrons. The van der Waals surface area contributed by atoms with Gasteiger partial charge in [-0.1, -0.05) is 0 Å². The minimum atomic E-state index is -0.980. The first kappa shape index (κ1) is 11.5. The predicted molar refractivity (Wildman–Crippen MR) is 34.6 cm³/mol. The molecule has 0 aromatic carbocycles. The molecule has 9 heavy (non-hydrogen) atoms. The summed E-state index contributed by atoms with van der Waals surface area (Å²) >= 11 is 0. The fourth-order valence-corrected chi connectivity index (χ4v) is 0.289. The van der Waals surface area contributed by atoms with Gasteiger partial charge in [0.25, 0.3) is 0 Å². The van der Waals surface area contributed by atoms with Gasteiger partial charge < -0.3 is 15.9 Å². The number of rotatable bonds is 3. The van der Waals surface area contributed by atoms with Crippen LogP contribution in [-0.4, -0.2) is 28.8 Å². The third-order valence-corrected chi connectivity index (χ3v) is 0.671. The maximum atomic E-state index is 9.78. The Kier molecular flexibility index (Phi) is 7.41. The van der Waals surface area contributed by atoms with E-state index in [4.69, 9.17) is 15.9 Å². The summed E-state index contributed by atoms with van der Waals surface area (Å²) in [5.74, 6) is -0.980. The molecule has 0 fully saturated rings. The molecule has 0 bridgehead atoms. The minimum absolute atomic E-state index is 0. The lowest BCUT2D eigenvalue weighted by Gasteiger charge is -2.00. The Morgan fingerprint density at radius 2 is 2.11 bits per heavy atom. The standard InChI is InChI=1S/C4H9NO3.ClH/c5-3(2-6)1-4(7)8;/h3,6H,1-2,5H2,(H,7,8);1H/t3-;/m0./s1. The van der Waals surface area contributed by atoms with Crippen LogP contribution in [0, 0.1) is 0 Å². The van der Waals surface area contributed by atoms with Gasteiger partial charge in [-0.25, -0.2) is 0 Å². The number of carbonyl (C=O) groups is 1. The highest BCUT2D eigenvalue weighted by atomic mass is 35.5. The van der Waals surface area contributed by atoms with Crippen molar-refractivity contribution < 1.29 is 15.0 Å². The van der Waals surface area contributed by atoms with Gasteiger partial charge >= 0.3 is 5.97 Å². The van der Waals surface area contributed by atoms with Crippen molar-refractivity contribution in [1.29, 1.82) is 0 Å². The molecular weight excluding hydrogens is 146 g/mol. The molecular formula is C4H10ClNO3. The number of hydrogen-bond acceptors (Lipinski definition) is 3. The van der Waals surface area contributed by atoms with Crippen LogP contribution in [0.2, 0.25) is 0 Å². The second-order valence-electron chi connectivity index (χ2n) is 1.54. The average Bonchev–Trinajstić information content (AvgIpc) is 1.65. The third kappa shape index (κ3) is 7.68. The van der Waals surface area contributed by atoms with Gasteiger partial charge in [0.15, 0.2) is 0 Å². The van der Waals surface area contributed by atoms with Gasteiger partial charge in [-0.15, -0.1) is 12.4 Å². The summed E-state index contributed by atoms with van der Waals surface area (Å²) in [6.45, 7) is -0.272. The summed E-state index contributed by atoms with van der Waals surface area (Å²) in [5.41, 5.74) is 5.04. The second-order valence-corrected chi connectivity index (χ2v) is 1.54. The van der Waals surface area contributed by atoms with Crippen LogP contribution in [0.5, 0.6) is 0 Å². The third-order valence-electron chi connectivity index (χ3n) is 0.671. The Morgan fingerprint density at radius 1 is 1.67 bits per heavy atom. The largest absolute Gasteiger partial charge is 0.481 e. The molecule has 0 aromatic heterocycles. The van der Waals surface area contributed by atoms with Gasteiger partial charge in [-0.3, -0.25) is 4.79 Å². The van der Waals surface area contributed by atoms with E-state index in [1.165, 1.54) is 0 Å². The van der Waals surface area contributed by atoms with Crippen LogP contribution >= 0.6 is 12.4 Å². The van der Waals surface area contributed by atoms with Crippen LogP contribution in [0.15, 0.2) is 0 Å². The lowest BCUT2D eigenvalue weighted by molar-refractivity contribution is -0.137. The van der Waals surface area contributed by atoms with E-state index in [0.717, 1.165) is 0 Å². The number of carboxylic acids is 1. The first-order valence-electron chi connectivity index (χ1n) is 2.25. The maximum Gasteiger partial charge on any atom is 0.305 e. The lowest BCUT2D eigenvalue weighted by atomic mass is 10.2. The van der Waals surface area contributed by atoms with E-state index >= 15 is 0 Å². The van der Waals surface area contributed by atoms with Crippen molar-refractivity contribution in [3.8, 4) is 0 Å². The molecule has 0 saturated heterocycles. The highest BCUT2D eigenvalue weighted by molar-refractivity contribution is 5.85. The van der Waals surface area contributed by atoms with E-state index in [0.29, 0.717) is 0 Å². The molecule has 0 aliphatic rings. The van der Waals surface area contributed by atoms with Gasteiger partial charge in [-0.05, 0) is 0 Å². The molecule has 0 saturated carbocycles. The van der Waals surface area contributed by atoms with Crippen molar-refractivity contribution in [2.45, 2.75) is 12.5 Å². The Bertz CT molecular complexity index is 87.9. The quantitative estimate of drug-likeness (QED) is 0.499. The van der Waals surface area contributed by atoms with Crippen molar-refractivity contribution in [2.24, 2.45) is 5.73 Å². The fourth-order valence-electron chi connectivity index (χ4n) is 0.289. The van der Waals surface area contributed by atoms with Crippen molar-refractivity contribution in [3.05, 3.63) is 0 Å². The number of carboxylic acid groups (broad SMARTS) is 1. The van der Waals surface area contributed by atoms with Crippen LogP contribution in [-0.2, 0) is 4.79 Å². The number of nitrogens with two attached hydrogens (primary N) is 1. The van der Waals surface area contributed by atoms with Crippen molar-refractivity contribution in [2.75, 3.05) is 6.61 Å². The molecule has 0 spiro atoms. The lowest BCUT2D eigenvalue weighted by Crippen LogP contribution is -2.27. The molecule has 0 aromatic rings. The average molecular weight is 156 g/mol. The minimum Gasteiger partial charge on any atom is -0.481 e. The van der Waals surface area contributed by atoms with Gasteiger partial charge in [0.2, 0.25) is 0 Å². The van der Waals surface area contributed by atoms with Gasteiger partial charge in [0.1, 0.15) is 0 Å². The highest BCUT2D eigenvalue weighted by Gasteiger charge is 2.04. The first-order chi connectivity index (χ1) is 3.66. The molecule has 0 unspecified atom stereocenters. The number of aliphatic hydroxyl groups excluding tert-OH is 1. The van der Waals surface area contributed by atoms with Crippen LogP contribution in [0.3, 0.4) is 0 Å². The van der Waals surface area contributed by atoms with E-state index in [2.05, 4.69) is 0 Å². The van der Waals surface area contributed by atoms with E-state index in [9.17, 15) is 4.79 Å². The van der Waals surface area contributed by atoms with Crippen LogP contribution in [0.1, 0.15) is 6.42 Å². The molecule has 4 nitrogen and oxygen atoms in total. The molecule has 0 aliphatic carbocycles. The van der Waals surface area contributed by atoms with Crippen molar-refractivity contribution >= 4 is 18.4 Å². The smallest absolute Gasteiger partial charge is 0.305 e. The molecule has 4 N–H and O–H groups in total. The summed E-state index contributed by atoms with van der Waals surface area (Å²) in [6.07, 6.45) is -0.170. The SMILES string of the molecule is Cl.N[C@H](CO)CC(=O)O. The molecule has 0 radical (unpaired) electrons. The molecule has 0 amide bonds. The Hall–Kier alpha value is -0.320. The summed E-state index contributed by atoms with van der Waals surface area (Å²) in [5, 5.41) is 16.2. The van der Waals surface area contributed by atoms with Gasteiger partial charge in [0, 0.05) is 6.04 Å². The van der Waals surface area contributed by atoms with E-state index in [1.807, 2.05) is 0 Å². The predicted octanol–water partition coefficient (Wildman–Crippen LogP) is -0.798. The number of halogens is 1. The molecule has 5 heteroatoms. The Morgan fingerprint density at radius 3 is 2.22 bits per heavy atom. The highest BCUT2D eigenvalue weighted by Crippen LogP contribution is 1.83. The number of hydrogen-bond donors (Lipinski definition) is 3. The normalized spacial score (nSPS) is 11.8. The number of aliphatic carboxylic acids is 1. The van der Waals surface area contributed by atoms with Crippen LogP contribution in [0.4, 0.5) is 0 Å². The van der Waals surface area contributed by atoms with Crippen molar-refractivity contribution in [1.82, 2.24) is 0 Å². The zero-order valence-corrected chi connectivity index (χ0v) is 5.60. The zero-order chi connectivity index (χ0) is 6.57. The summed E-state index contributed by atoms with van der Waals surface area (Å²) in [7, 11) is 0. The van der Waals surface area contributed by atoms with E-state index < -0.39 is 12.0 Å². The van der Waals surface area contributed by atoms with Gasteiger partial charge in [-0.2, -0.15) is 0 Å². The number of aliphatic hydroxyl groups is 1. The molecule has 0 heterocycles. The second kappa shape index (κ2) is 5.81. The van der Waals surface area contributed by atoms with E-state index in [1.54, 1.807) is 0 Å². The van der Waals surface area contributed by atoms with Gasteiger partial charge in [0.05, 0.1) is 13.0 Å². The Balaban J connectivity index is 0. The molecule has 0 rings (SSSR count). The monoisotopic (exact) mass is 155 g/mol. The summed E-state index contributed by atoms with van der Waals surface area (Å²) in [6, 6.07) is -0.618. The Labute approximate surface area is 59.1 Å².